The number of carbonyl (C=O) groups excluding carboxylic acids is 1. The third-order valence-corrected chi connectivity index (χ3v) is 3.71. The van der Waals surface area contributed by atoms with Crippen LogP contribution in [0.5, 0.6) is 5.75 Å². The molecule has 0 aliphatic heterocycles. The van der Waals surface area contributed by atoms with Crippen molar-refractivity contribution >= 4 is 29.1 Å². The summed E-state index contributed by atoms with van der Waals surface area (Å²) >= 11 is 11.8. The summed E-state index contributed by atoms with van der Waals surface area (Å²) in [6.45, 7) is 1.65. The maximum absolute atomic E-state index is 12.1. The molecule has 2 aromatic carbocycles. The number of rotatable bonds is 4. The van der Waals surface area contributed by atoms with Gasteiger partial charge in [0.2, 0.25) is 0 Å². The number of aliphatic hydroxyl groups is 1. The number of amides is 1. The maximum atomic E-state index is 12.1. The van der Waals surface area contributed by atoms with Crippen LogP contribution in [0.4, 0.5) is 0 Å². The molecule has 3 N–H and O–H groups in total. The van der Waals surface area contributed by atoms with Crippen molar-refractivity contribution in [3.8, 4) is 5.75 Å². The Labute approximate surface area is 138 Å². The summed E-state index contributed by atoms with van der Waals surface area (Å²) in [5, 5.41) is 23.2. The summed E-state index contributed by atoms with van der Waals surface area (Å²) < 4.78 is 0. The fourth-order valence-electron chi connectivity index (χ4n) is 2.04. The van der Waals surface area contributed by atoms with Crippen LogP contribution >= 0.6 is 23.2 Å². The Morgan fingerprint density at radius 3 is 2.50 bits per heavy atom. The first-order valence-corrected chi connectivity index (χ1v) is 7.35. The summed E-state index contributed by atoms with van der Waals surface area (Å²) in [7, 11) is 0. The first-order valence-electron chi connectivity index (χ1n) is 6.59. The number of carbonyl (C=O) groups is 1. The van der Waals surface area contributed by atoms with Crippen LogP contribution in [0.1, 0.15) is 27.6 Å². The highest BCUT2D eigenvalue weighted by Gasteiger charge is 2.14. The highest BCUT2D eigenvalue weighted by molar-refractivity contribution is 6.34. The van der Waals surface area contributed by atoms with Gasteiger partial charge in [-0.3, -0.25) is 4.79 Å². The number of aliphatic hydroxyl groups excluding tert-OH is 1. The molecule has 1 amide bonds. The maximum Gasteiger partial charge on any atom is 0.251 e. The lowest BCUT2D eigenvalue weighted by Crippen LogP contribution is -2.28. The van der Waals surface area contributed by atoms with Gasteiger partial charge in [0, 0.05) is 27.7 Å². The van der Waals surface area contributed by atoms with Gasteiger partial charge >= 0.3 is 0 Å². The number of phenolic OH excluding ortho intramolecular Hbond substituents is 1. The van der Waals surface area contributed by atoms with E-state index in [0.717, 1.165) is 0 Å². The molecule has 0 heterocycles. The molecule has 116 valence electrons. The molecular weight excluding hydrogens is 325 g/mol. The van der Waals surface area contributed by atoms with Crippen molar-refractivity contribution in [1.82, 2.24) is 5.32 Å². The van der Waals surface area contributed by atoms with Crippen molar-refractivity contribution in [2.24, 2.45) is 0 Å². The number of nitrogens with one attached hydrogen (secondary N) is 1. The molecule has 0 aliphatic rings. The molecule has 2 rings (SSSR count). The van der Waals surface area contributed by atoms with Gasteiger partial charge in [-0.2, -0.15) is 0 Å². The van der Waals surface area contributed by atoms with Crippen LogP contribution in [0.15, 0.2) is 36.4 Å². The van der Waals surface area contributed by atoms with Crippen LogP contribution in [0.25, 0.3) is 0 Å². The molecule has 0 aliphatic carbocycles. The van der Waals surface area contributed by atoms with Crippen molar-refractivity contribution in [1.29, 1.82) is 0 Å². The smallest absolute Gasteiger partial charge is 0.251 e. The monoisotopic (exact) mass is 339 g/mol. The summed E-state index contributed by atoms with van der Waals surface area (Å²) in [5.74, 6) is -0.324. The Morgan fingerprint density at radius 2 is 1.86 bits per heavy atom. The highest BCUT2D eigenvalue weighted by Crippen LogP contribution is 2.23. The molecule has 2 aromatic rings. The molecule has 0 fully saturated rings. The Kier molecular flexibility index (Phi) is 5.29. The van der Waals surface area contributed by atoms with E-state index in [1.165, 1.54) is 6.07 Å². The first kappa shape index (κ1) is 16.6. The van der Waals surface area contributed by atoms with Crippen LogP contribution < -0.4 is 5.32 Å². The summed E-state index contributed by atoms with van der Waals surface area (Å²) in [6, 6.07) is 9.44. The predicted octanol–water partition coefficient (Wildman–Crippen LogP) is 3.47. The Morgan fingerprint density at radius 1 is 1.23 bits per heavy atom. The minimum Gasteiger partial charge on any atom is -0.508 e. The number of aromatic hydroxyl groups is 1. The lowest BCUT2D eigenvalue weighted by Gasteiger charge is -2.14. The van der Waals surface area contributed by atoms with Gasteiger partial charge in [0.1, 0.15) is 5.75 Å². The molecule has 0 aromatic heterocycles. The van der Waals surface area contributed by atoms with Gasteiger partial charge in [0.05, 0.1) is 6.10 Å². The third kappa shape index (κ3) is 3.91. The van der Waals surface area contributed by atoms with Gasteiger partial charge in [-0.15, -0.1) is 0 Å². The van der Waals surface area contributed by atoms with Crippen LogP contribution in [-0.4, -0.2) is 22.7 Å². The second-order valence-corrected chi connectivity index (χ2v) is 5.75. The average Bonchev–Trinajstić information content (AvgIpc) is 2.46. The fourth-order valence-corrected chi connectivity index (χ4v) is 2.58. The van der Waals surface area contributed by atoms with E-state index >= 15 is 0 Å². The van der Waals surface area contributed by atoms with Crippen molar-refractivity contribution < 1.29 is 15.0 Å². The minimum atomic E-state index is -0.933. The van der Waals surface area contributed by atoms with E-state index in [4.69, 9.17) is 23.2 Å². The van der Waals surface area contributed by atoms with E-state index in [9.17, 15) is 15.0 Å². The summed E-state index contributed by atoms with van der Waals surface area (Å²) in [6.07, 6.45) is -0.933. The van der Waals surface area contributed by atoms with Gasteiger partial charge < -0.3 is 15.5 Å². The zero-order valence-electron chi connectivity index (χ0n) is 11.8. The lowest BCUT2D eigenvalue weighted by molar-refractivity contribution is 0.0915. The molecule has 0 saturated carbocycles. The second kappa shape index (κ2) is 7.01. The molecule has 0 radical (unpaired) electrons. The van der Waals surface area contributed by atoms with Crippen LogP contribution in [0.3, 0.4) is 0 Å². The van der Waals surface area contributed by atoms with Crippen LogP contribution in [0.2, 0.25) is 10.0 Å². The second-order valence-electron chi connectivity index (χ2n) is 4.88. The number of phenols is 1. The molecule has 0 bridgehead atoms. The van der Waals surface area contributed by atoms with E-state index in [-0.39, 0.29) is 18.2 Å². The van der Waals surface area contributed by atoms with Gasteiger partial charge in [-0.05, 0) is 42.8 Å². The molecule has 0 spiro atoms. The van der Waals surface area contributed by atoms with Crippen molar-refractivity contribution in [3.63, 3.8) is 0 Å². The quantitative estimate of drug-likeness (QED) is 0.798. The van der Waals surface area contributed by atoms with E-state index < -0.39 is 6.10 Å². The molecule has 1 unspecified atom stereocenters. The van der Waals surface area contributed by atoms with Gasteiger partial charge in [-0.1, -0.05) is 29.3 Å². The number of hydrogen-bond acceptors (Lipinski definition) is 3. The van der Waals surface area contributed by atoms with E-state index in [1.54, 1.807) is 37.3 Å². The lowest BCUT2D eigenvalue weighted by atomic mass is 10.1. The highest BCUT2D eigenvalue weighted by atomic mass is 35.5. The van der Waals surface area contributed by atoms with Crippen molar-refractivity contribution in [3.05, 3.63) is 63.1 Å². The summed E-state index contributed by atoms with van der Waals surface area (Å²) in [4.78, 5) is 12.1. The van der Waals surface area contributed by atoms with Crippen LogP contribution in [-0.2, 0) is 0 Å². The first-order chi connectivity index (χ1) is 10.4. The molecule has 22 heavy (non-hydrogen) atoms. The molecule has 0 saturated heterocycles. The summed E-state index contributed by atoms with van der Waals surface area (Å²) in [5.41, 5.74) is 1.36. The van der Waals surface area contributed by atoms with Crippen molar-refractivity contribution in [2.45, 2.75) is 13.0 Å². The van der Waals surface area contributed by atoms with E-state index in [2.05, 4.69) is 5.32 Å². The topological polar surface area (TPSA) is 69.6 Å². The number of benzene rings is 2. The number of halogens is 2. The van der Waals surface area contributed by atoms with Gasteiger partial charge in [0.15, 0.2) is 0 Å². The predicted molar refractivity (Wildman–Crippen MR) is 86.6 cm³/mol. The Bertz CT molecular complexity index is 684. The molecule has 1 atom stereocenters. The molecular formula is C16H15Cl2NO3. The molecule has 6 heteroatoms. The third-order valence-electron chi connectivity index (χ3n) is 3.28. The molecule has 4 nitrogen and oxygen atoms in total. The average molecular weight is 340 g/mol. The zero-order chi connectivity index (χ0) is 16.3. The normalized spacial score (nSPS) is 12.0. The van der Waals surface area contributed by atoms with Crippen molar-refractivity contribution in [2.75, 3.05) is 6.54 Å². The standard InChI is InChI=1S/C16H15Cl2NO3/c1-9-13(3-2-4-14(9)20)16(22)19-8-15(21)10-5-11(17)7-12(18)6-10/h2-7,15,20-21H,8H2,1H3,(H,19,22). The van der Waals surface area contributed by atoms with E-state index in [1.807, 2.05) is 0 Å². The largest absolute Gasteiger partial charge is 0.508 e. The van der Waals surface area contributed by atoms with Crippen LogP contribution in [0, 0.1) is 6.92 Å². The van der Waals surface area contributed by atoms with Gasteiger partial charge in [-0.25, -0.2) is 0 Å². The van der Waals surface area contributed by atoms with E-state index in [0.29, 0.717) is 26.7 Å². The zero-order valence-corrected chi connectivity index (χ0v) is 13.3. The minimum absolute atomic E-state index is 0.00456. The fraction of sp³-hybridized carbons (Fsp3) is 0.188. The Balaban J connectivity index is 2.06. The number of hydrogen-bond donors (Lipinski definition) is 3. The SMILES string of the molecule is Cc1c(O)cccc1C(=O)NCC(O)c1cc(Cl)cc(Cl)c1. The van der Waals surface area contributed by atoms with Gasteiger partial charge in [0.25, 0.3) is 5.91 Å². The Hall–Kier alpha value is -1.75.